The highest BCUT2D eigenvalue weighted by molar-refractivity contribution is 6.33. The Morgan fingerprint density at radius 1 is 1.45 bits per heavy atom. The lowest BCUT2D eigenvalue weighted by Gasteiger charge is -2.27. The molecule has 1 saturated heterocycles. The number of rotatable bonds is 3. The molecule has 6 heteroatoms. The Morgan fingerprint density at radius 3 is 2.85 bits per heavy atom. The summed E-state index contributed by atoms with van der Waals surface area (Å²) in [4.78, 5) is 23.1. The van der Waals surface area contributed by atoms with E-state index in [1.807, 2.05) is 0 Å². The molecule has 2 unspecified atom stereocenters. The van der Waals surface area contributed by atoms with Gasteiger partial charge in [-0.2, -0.15) is 0 Å². The van der Waals surface area contributed by atoms with Crippen molar-refractivity contribution in [1.29, 1.82) is 0 Å². The molecule has 20 heavy (non-hydrogen) atoms. The molecule has 1 fully saturated rings. The Kier molecular flexibility index (Phi) is 4.62. The zero-order valence-corrected chi connectivity index (χ0v) is 11.9. The Bertz CT molecular complexity index is 533. The van der Waals surface area contributed by atoms with E-state index < -0.39 is 5.97 Å². The minimum Gasteiger partial charge on any atom is -0.478 e. The van der Waals surface area contributed by atoms with Crippen molar-refractivity contribution in [2.75, 3.05) is 11.9 Å². The highest BCUT2D eigenvalue weighted by atomic mass is 35.5. The molecule has 5 nitrogen and oxygen atoms in total. The van der Waals surface area contributed by atoms with Crippen molar-refractivity contribution in [3.8, 4) is 0 Å². The van der Waals surface area contributed by atoms with Crippen LogP contribution in [0.4, 0.5) is 5.69 Å². The number of carboxylic acid groups (broad SMARTS) is 1. The van der Waals surface area contributed by atoms with E-state index in [1.54, 1.807) is 6.07 Å². The molecular weight excluding hydrogens is 280 g/mol. The first kappa shape index (κ1) is 14.8. The summed E-state index contributed by atoms with van der Waals surface area (Å²) in [6, 6.07) is 4.20. The summed E-state index contributed by atoms with van der Waals surface area (Å²) in [5.41, 5.74) is 0.422. The lowest BCUT2D eigenvalue weighted by molar-refractivity contribution is -0.119. The average molecular weight is 297 g/mol. The lowest BCUT2D eigenvalue weighted by Crippen LogP contribution is -2.45. The van der Waals surface area contributed by atoms with E-state index >= 15 is 0 Å². The fourth-order valence-corrected chi connectivity index (χ4v) is 2.50. The maximum absolute atomic E-state index is 12.1. The molecular formula is C14H17ClN2O3. The van der Waals surface area contributed by atoms with Crippen LogP contribution in [0, 0.1) is 5.92 Å². The number of halogens is 1. The van der Waals surface area contributed by atoms with E-state index in [2.05, 4.69) is 17.6 Å². The van der Waals surface area contributed by atoms with Crippen LogP contribution in [-0.4, -0.2) is 29.6 Å². The topological polar surface area (TPSA) is 78.4 Å². The summed E-state index contributed by atoms with van der Waals surface area (Å²) in [5, 5.41) is 15.0. The number of amides is 1. The Labute approximate surface area is 122 Å². The maximum atomic E-state index is 12.1. The van der Waals surface area contributed by atoms with Gasteiger partial charge in [0.05, 0.1) is 16.6 Å². The zero-order valence-electron chi connectivity index (χ0n) is 11.1. The average Bonchev–Trinajstić information content (AvgIpc) is 2.40. The van der Waals surface area contributed by atoms with Crippen LogP contribution in [0.15, 0.2) is 18.2 Å². The lowest BCUT2D eigenvalue weighted by atomic mass is 9.94. The largest absolute Gasteiger partial charge is 0.478 e. The van der Waals surface area contributed by atoms with Crippen molar-refractivity contribution in [3.63, 3.8) is 0 Å². The van der Waals surface area contributed by atoms with Gasteiger partial charge in [-0.1, -0.05) is 18.5 Å². The van der Waals surface area contributed by atoms with Crippen molar-refractivity contribution in [3.05, 3.63) is 28.8 Å². The molecule has 3 N–H and O–H groups in total. The van der Waals surface area contributed by atoms with Crippen molar-refractivity contribution in [1.82, 2.24) is 5.32 Å². The smallest absolute Gasteiger partial charge is 0.337 e. The molecule has 0 saturated carbocycles. The highest BCUT2D eigenvalue weighted by Gasteiger charge is 2.24. The number of hydrogen-bond acceptors (Lipinski definition) is 3. The SMILES string of the molecule is CC1CCNC(C(=O)Nc2ccc(Cl)c(C(=O)O)c2)C1. The number of carboxylic acids is 1. The maximum Gasteiger partial charge on any atom is 0.337 e. The number of aromatic carboxylic acids is 1. The molecule has 1 heterocycles. The van der Waals surface area contributed by atoms with E-state index in [4.69, 9.17) is 16.7 Å². The second-order valence-electron chi connectivity index (χ2n) is 5.13. The molecule has 0 spiro atoms. The first-order chi connectivity index (χ1) is 9.47. The van der Waals surface area contributed by atoms with Gasteiger partial charge in [-0.05, 0) is 43.5 Å². The first-order valence-corrected chi connectivity index (χ1v) is 6.92. The van der Waals surface area contributed by atoms with Crippen molar-refractivity contribution in [2.24, 2.45) is 5.92 Å². The molecule has 0 bridgehead atoms. The summed E-state index contributed by atoms with van der Waals surface area (Å²) in [7, 11) is 0. The van der Waals surface area contributed by atoms with E-state index in [0.29, 0.717) is 11.6 Å². The molecule has 0 aliphatic carbocycles. The van der Waals surface area contributed by atoms with E-state index in [-0.39, 0.29) is 22.5 Å². The summed E-state index contributed by atoms with van der Waals surface area (Å²) in [6.07, 6.45) is 1.85. The van der Waals surface area contributed by atoms with Crippen LogP contribution < -0.4 is 10.6 Å². The van der Waals surface area contributed by atoms with Crippen LogP contribution in [0.3, 0.4) is 0 Å². The third-order valence-corrected chi connectivity index (χ3v) is 3.78. The summed E-state index contributed by atoms with van der Waals surface area (Å²) in [5.74, 6) is -0.752. The molecule has 2 rings (SSSR count). The van der Waals surface area contributed by atoms with Gasteiger partial charge in [0.15, 0.2) is 0 Å². The zero-order chi connectivity index (χ0) is 14.7. The van der Waals surface area contributed by atoms with E-state index in [1.165, 1.54) is 12.1 Å². The van der Waals surface area contributed by atoms with Crippen LogP contribution in [-0.2, 0) is 4.79 Å². The third kappa shape index (κ3) is 3.49. The number of benzene rings is 1. The monoisotopic (exact) mass is 296 g/mol. The molecule has 0 radical (unpaired) electrons. The summed E-state index contributed by atoms with van der Waals surface area (Å²) < 4.78 is 0. The van der Waals surface area contributed by atoms with Gasteiger partial charge in [0, 0.05) is 5.69 Å². The summed E-state index contributed by atoms with van der Waals surface area (Å²) >= 11 is 5.79. The Hall–Kier alpha value is -1.59. The fraction of sp³-hybridized carbons (Fsp3) is 0.429. The van der Waals surface area contributed by atoms with Gasteiger partial charge in [-0.3, -0.25) is 4.79 Å². The molecule has 0 aromatic heterocycles. The minimum absolute atomic E-state index is 0.0190. The molecule has 1 aromatic carbocycles. The molecule has 1 aromatic rings. The number of nitrogens with one attached hydrogen (secondary N) is 2. The number of piperidine rings is 1. The van der Waals surface area contributed by atoms with Gasteiger partial charge in [-0.15, -0.1) is 0 Å². The highest BCUT2D eigenvalue weighted by Crippen LogP contribution is 2.22. The van der Waals surface area contributed by atoms with Crippen LogP contribution in [0.2, 0.25) is 5.02 Å². The molecule has 1 aliphatic rings. The van der Waals surface area contributed by atoms with Gasteiger partial charge in [0.25, 0.3) is 0 Å². The number of carbonyl (C=O) groups excluding carboxylic acids is 1. The third-order valence-electron chi connectivity index (χ3n) is 3.45. The molecule has 1 amide bonds. The standard InChI is InChI=1S/C14H17ClN2O3/c1-8-4-5-16-12(6-8)13(18)17-9-2-3-11(15)10(7-9)14(19)20/h2-3,7-8,12,16H,4-6H2,1H3,(H,17,18)(H,19,20). The van der Waals surface area contributed by atoms with Crippen LogP contribution in [0.25, 0.3) is 0 Å². The van der Waals surface area contributed by atoms with Crippen LogP contribution in [0.1, 0.15) is 30.1 Å². The van der Waals surface area contributed by atoms with Gasteiger partial charge in [0.2, 0.25) is 5.91 Å². The normalized spacial score (nSPS) is 22.3. The Morgan fingerprint density at radius 2 is 2.20 bits per heavy atom. The van der Waals surface area contributed by atoms with Gasteiger partial charge >= 0.3 is 5.97 Å². The Balaban J connectivity index is 2.07. The van der Waals surface area contributed by atoms with Gasteiger partial charge in [-0.25, -0.2) is 4.79 Å². The number of hydrogen-bond donors (Lipinski definition) is 3. The van der Waals surface area contributed by atoms with E-state index in [9.17, 15) is 9.59 Å². The minimum atomic E-state index is -1.12. The summed E-state index contributed by atoms with van der Waals surface area (Å²) in [6.45, 7) is 2.94. The van der Waals surface area contributed by atoms with E-state index in [0.717, 1.165) is 19.4 Å². The van der Waals surface area contributed by atoms with Crippen LogP contribution in [0.5, 0.6) is 0 Å². The number of carbonyl (C=O) groups is 2. The van der Waals surface area contributed by atoms with Crippen LogP contribution >= 0.6 is 11.6 Å². The van der Waals surface area contributed by atoms with Gasteiger partial charge < -0.3 is 15.7 Å². The van der Waals surface area contributed by atoms with Crippen molar-refractivity contribution < 1.29 is 14.7 Å². The number of anilines is 1. The quantitative estimate of drug-likeness (QED) is 0.800. The second-order valence-corrected chi connectivity index (χ2v) is 5.53. The second kappa shape index (κ2) is 6.24. The van der Waals surface area contributed by atoms with Gasteiger partial charge in [0.1, 0.15) is 0 Å². The fourth-order valence-electron chi connectivity index (χ4n) is 2.30. The predicted octanol–water partition coefficient (Wildman–Crippen LogP) is 2.36. The van der Waals surface area contributed by atoms with Crippen molar-refractivity contribution >= 4 is 29.2 Å². The molecule has 1 aliphatic heterocycles. The van der Waals surface area contributed by atoms with Crippen molar-refractivity contribution in [2.45, 2.75) is 25.8 Å². The molecule has 2 atom stereocenters. The first-order valence-electron chi connectivity index (χ1n) is 6.54. The predicted molar refractivity (Wildman–Crippen MR) is 77.2 cm³/mol. The molecule has 108 valence electrons.